The highest BCUT2D eigenvalue weighted by atomic mass is 31.2. The maximum absolute atomic E-state index is 11.6. The molecule has 1 aliphatic rings. The van der Waals surface area contributed by atoms with E-state index in [-0.39, 0.29) is 11.8 Å². The topological polar surface area (TPSA) is 124 Å². The lowest BCUT2D eigenvalue weighted by atomic mass is 9.95. The van der Waals surface area contributed by atoms with Crippen molar-refractivity contribution in [3.05, 3.63) is 47.5 Å². The van der Waals surface area contributed by atoms with E-state index in [2.05, 4.69) is 5.32 Å². The highest BCUT2D eigenvalue weighted by Gasteiger charge is 2.23. The second kappa shape index (κ2) is 5.15. The summed E-state index contributed by atoms with van der Waals surface area (Å²) < 4.78 is 8.88. The van der Waals surface area contributed by atoms with Crippen LogP contribution in [0, 0.1) is 0 Å². The quantitative estimate of drug-likeness (QED) is 0.421. The summed E-state index contributed by atoms with van der Waals surface area (Å²) >= 11 is 0. The van der Waals surface area contributed by atoms with Crippen LogP contribution < -0.4 is 5.32 Å². The fourth-order valence-electron chi connectivity index (χ4n) is 1.96. The zero-order valence-electron chi connectivity index (χ0n) is 9.98. The molecule has 0 unspecified atom stereocenters. The molecule has 0 radical (unpaired) electrons. The van der Waals surface area contributed by atoms with E-state index in [1.165, 1.54) is 0 Å². The first kappa shape index (κ1) is 14.4. The zero-order valence-corrected chi connectivity index (χ0v) is 10.9. The van der Waals surface area contributed by atoms with E-state index in [1.807, 2.05) is 24.3 Å². The number of rotatable bonds is 0. The third kappa shape index (κ3) is 3.09. The number of imide groups is 1. The Morgan fingerprint density at radius 3 is 1.65 bits per heavy atom. The van der Waals surface area contributed by atoms with Gasteiger partial charge in [0.2, 0.25) is 0 Å². The van der Waals surface area contributed by atoms with Gasteiger partial charge in [-0.2, -0.15) is 0 Å². The summed E-state index contributed by atoms with van der Waals surface area (Å²) in [6.45, 7) is 0. The standard InChI is InChI=1S/C12H7NO2.H3O4P/c14-11-8-5-1-3-7-4-2-6-9(10(7)8)12(15)13-11;1-5(2,3)4/h1-6H,(H,13,14,15);(H3,1,2,3,4). The predicted molar refractivity (Wildman–Crippen MR) is 70.0 cm³/mol. The van der Waals surface area contributed by atoms with Crippen LogP contribution in [0.4, 0.5) is 0 Å². The molecule has 0 spiro atoms. The lowest BCUT2D eigenvalue weighted by Crippen LogP contribution is -2.34. The molecule has 0 saturated carbocycles. The van der Waals surface area contributed by atoms with Crippen LogP contribution in [0.3, 0.4) is 0 Å². The number of carbonyl (C=O) groups is 2. The monoisotopic (exact) mass is 295 g/mol. The molecule has 0 atom stereocenters. The van der Waals surface area contributed by atoms with Crippen LogP contribution in [-0.2, 0) is 4.57 Å². The number of hydrogen-bond donors (Lipinski definition) is 4. The number of phosphoric acid groups is 1. The van der Waals surface area contributed by atoms with Gasteiger partial charge in [-0.25, -0.2) is 4.57 Å². The lowest BCUT2D eigenvalue weighted by molar-refractivity contribution is 0.0844. The molecule has 0 saturated heterocycles. The minimum Gasteiger partial charge on any atom is -0.303 e. The molecule has 0 fully saturated rings. The van der Waals surface area contributed by atoms with Gasteiger partial charge in [0, 0.05) is 16.5 Å². The van der Waals surface area contributed by atoms with Gasteiger partial charge in [0.25, 0.3) is 11.8 Å². The molecular weight excluding hydrogens is 285 g/mol. The van der Waals surface area contributed by atoms with Gasteiger partial charge in [-0.3, -0.25) is 14.9 Å². The molecule has 0 bridgehead atoms. The Hall–Kier alpha value is -2.05. The number of carbonyl (C=O) groups excluding carboxylic acids is 2. The van der Waals surface area contributed by atoms with Gasteiger partial charge in [0.1, 0.15) is 0 Å². The molecule has 1 heterocycles. The fraction of sp³-hybridized carbons (Fsp3) is 0. The Morgan fingerprint density at radius 2 is 1.25 bits per heavy atom. The van der Waals surface area contributed by atoms with Crippen molar-refractivity contribution in [1.82, 2.24) is 5.32 Å². The van der Waals surface area contributed by atoms with E-state index in [1.54, 1.807) is 12.1 Å². The Kier molecular flexibility index (Phi) is 3.69. The first-order chi connectivity index (χ1) is 9.27. The SMILES string of the molecule is O=C1NC(=O)c2cccc3cccc1c23.O=P(O)(O)O. The normalized spacial score (nSPS) is 13.6. The minimum absolute atomic E-state index is 0.315. The third-order valence-electron chi connectivity index (χ3n) is 2.62. The number of nitrogens with one attached hydrogen (secondary N) is 1. The molecule has 7 nitrogen and oxygen atoms in total. The Balaban J connectivity index is 0.000000257. The largest absolute Gasteiger partial charge is 0.466 e. The Morgan fingerprint density at radius 1 is 0.850 bits per heavy atom. The van der Waals surface area contributed by atoms with Crippen molar-refractivity contribution in [2.75, 3.05) is 0 Å². The van der Waals surface area contributed by atoms with Gasteiger partial charge in [-0.1, -0.05) is 24.3 Å². The Labute approximate surface area is 113 Å². The summed E-state index contributed by atoms with van der Waals surface area (Å²) in [4.78, 5) is 44.7. The van der Waals surface area contributed by atoms with E-state index in [0.717, 1.165) is 10.8 Å². The number of amides is 2. The predicted octanol–water partition coefficient (Wildman–Crippen LogP) is 0.795. The highest BCUT2D eigenvalue weighted by Crippen LogP contribution is 2.26. The van der Waals surface area contributed by atoms with E-state index >= 15 is 0 Å². The van der Waals surface area contributed by atoms with E-state index in [9.17, 15) is 9.59 Å². The van der Waals surface area contributed by atoms with Crippen LogP contribution in [0.5, 0.6) is 0 Å². The summed E-state index contributed by atoms with van der Waals surface area (Å²) in [5, 5.41) is 4.00. The molecule has 0 aliphatic carbocycles. The van der Waals surface area contributed by atoms with Gasteiger partial charge in [-0.05, 0) is 17.5 Å². The summed E-state index contributed by atoms with van der Waals surface area (Å²) in [5.74, 6) is -0.631. The molecule has 4 N–H and O–H groups in total. The van der Waals surface area contributed by atoms with Gasteiger partial charge < -0.3 is 14.7 Å². The minimum atomic E-state index is -4.64. The van der Waals surface area contributed by atoms with Crippen molar-refractivity contribution in [3.8, 4) is 0 Å². The zero-order chi connectivity index (χ0) is 14.9. The van der Waals surface area contributed by atoms with Crippen molar-refractivity contribution in [3.63, 3.8) is 0 Å². The molecule has 3 rings (SSSR count). The second-order valence-corrected chi connectivity index (χ2v) is 5.03. The molecule has 2 aromatic carbocycles. The van der Waals surface area contributed by atoms with Crippen LogP contribution in [0.2, 0.25) is 0 Å². The van der Waals surface area contributed by atoms with Crippen LogP contribution in [-0.4, -0.2) is 26.5 Å². The van der Waals surface area contributed by atoms with Crippen LogP contribution in [0.25, 0.3) is 10.8 Å². The Bertz CT molecular complexity index is 694. The molecule has 8 heteroatoms. The van der Waals surface area contributed by atoms with Crippen molar-refractivity contribution in [1.29, 1.82) is 0 Å². The first-order valence-corrected chi connectivity index (χ1v) is 6.99. The third-order valence-corrected chi connectivity index (χ3v) is 2.62. The molecular formula is C12H10NO6P. The number of benzene rings is 2. The van der Waals surface area contributed by atoms with Crippen LogP contribution >= 0.6 is 7.82 Å². The lowest BCUT2D eigenvalue weighted by Gasteiger charge is -2.15. The molecule has 1 aliphatic heterocycles. The van der Waals surface area contributed by atoms with Gasteiger partial charge in [0.05, 0.1) is 0 Å². The van der Waals surface area contributed by atoms with Crippen molar-refractivity contribution < 1.29 is 28.8 Å². The van der Waals surface area contributed by atoms with Crippen molar-refractivity contribution >= 4 is 30.4 Å². The second-order valence-electron chi connectivity index (χ2n) is 4.01. The maximum atomic E-state index is 11.6. The maximum Gasteiger partial charge on any atom is 0.466 e. The number of hydrogen-bond acceptors (Lipinski definition) is 3. The van der Waals surface area contributed by atoms with Gasteiger partial charge in [-0.15, -0.1) is 0 Å². The molecule has 2 aromatic rings. The molecule has 2 amide bonds. The van der Waals surface area contributed by atoms with Crippen LogP contribution in [0.1, 0.15) is 20.7 Å². The summed E-state index contributed by atoms with van der Waals surface area (Å²) in [5.41, 5.74) is 1.14. The average molecular weight is 295 g/mol. The summed E-state index contributed by atoms with van der Waals surface area (Å²) in [6, 6.07) is 10.9. The first-order valence-electron chi connectivity index (χ1n) is 5.43. The average Bonchev–Trinajstić information content (AvgIpc) is 2.33. The van der Waals surface area contributed by atoms with Crippen LogP contribution in [0.15, 0.2) is 36.4 Å². The summed E-state index contributed by atoms with van der Waals surface area (Å²) in [6.07, 6.45) is 0. The smallest absolute Gasteiger partial charge is 0.303 e. The fourth-order valence-corrected chi connectivity index (χ4v) is 1.96. The van der Waals surface area contributed by atoms with E-state index < -0.39 is 7.82 Å². The van der Waals surface area contributed by atoms with E-state index in [4.69, 9.17) is 19.2 Å². The highest BCUT2D eigenvalue weighted by molar-refractivity contribution is 7.45. The molecule has 0 aromatic heterocycles. The van der Waals surface area contributed by atoms with E-state index in [0.29, 0.717) is 11.1 Å². The molecule has 20 heavy (non-hydrogen) atoms. The van der Waals surface area contributed by atoms with Gasteiger partial charge >= 0.3 is 7.82 Å². The van der Waals surface area contributed by atoms with Crippen molar-refractivity contribution in [2.45, 2.75) is 0 Å². The summed E-state index contributed by atoms with van der Waals surface area (Å²) in [7, 11) is -4.64. The van der Waals surface area contributed by atoms with Gasteiger partial charge in [0.15, 0.2) is 0 Å². The molecule has 104 valence electrons. The van der Waals surface area contributed by atoms with Crippen molar-refractivity contribution in [2.24, 2.45) is 0 Å².